The molecule has 1 aliphatic carbocycles. The summed E-state index contributed by atoms with van der Waals surface area (Å²) in [5.74, 6) is 0.912. The molecule has 1 spiro atoms. The van der Waals surface area contributed by atoms with Gasteiger partial charge in [-0.25, -0.2) is 0 Å². The van der Waals surface area contributed by atoms with Crippen LogP contribution in [0.2, 0.25) is 0 Å². The van der Waals surface area contributed by atoms with Crippen molar-refractivity contribution < 1.29 is 4.74 Å². The Hall–Kier alpha value is -4.18. The number of nitrogens with one attached hydrogen (secondary N) is 1. The number of nitrogens with zero attached hydrogens (tertiary/aromatic N) is 2. The number of hydrogen-bond donors (Lipinski definition) is 1. The molecule has 2 aliphatic rings. The summed E-state index contributed by atoms with van der Waals surface area (Å²) in [6, 6.07) is 31.0. The van der Waals surface area contributed by atoms with Gasteiger partial charge >= 0.3 is 0 Å². The van der Waals surface area contributed by atoms with E-state index in [1.807, 2.05) is 0 Å². The van der Waals surface area contributed by atoms with Gasteiger partial charge in [0.15, 0.2) is 5.60 Å². The van der Waals surface area contributed by atoms with Gasteiger partial charge < -0.3 is 19.5 Å². The lowest BCUT2D eigenvalue weighted by Gasteiger charge is -2.38. The highest BCUT2D eigenvalue weighted by Crippen LogP contribution is 2.60. The van der Waals surface area contributed by atoms with Crippen molar-refractivity contribution in [1.29, 1.82) is 0 Å². The maximum Gasteiger partial charge on any atom is 0.188 e. The molecule has 1 N–H and O–H groups in total. The minimum absolute atomic E-state index is 0.738. The fourth-order valence-corrected chi connectivity index (χ4v) is 6.74. The van der Waals surface area contributed by atoms with Crippen molar-refractivity contribution in [1.82, 2.24) is 4.98 Å². The highest BCUT2D eigenvalue weighted by atomic mass is 16.5. The van der Waals surface area contributed by atoms with E-state index in [9.17, 15) is 0 Å². The first kappa shape index (κ1) is 23.9. The molecule has 196 valence electrons. The lowest BCUT2D eigenvalue weighted by molar-refractivity contribution is 0.158. The molecule has 4 aromatic carbocycles. The van der Waals surface area contributed by atoms with Gasteiger partial charge in [0, 0.05) is 71.7 Å². The van der Waals surface area contributed by atoms with Crippen LogP contribution in [0.5, 0.6) is 5.75 Å². The summed E-state index contributed by atoms with van der Waals surface area (Å²) in [5.41, 5.74) is 11.3. The molecule has 0 amide bonds. The molecule has 1 aromatic heterocycles. The average molecular weight is 514 g/mol. The summed E-state index contributed by atoms with van der Waals surface area (Å²) in [7, 11) is 4.38. The van der Waals surface area contributed by atoms with E-state index in [0.717, 1.165) is 48.5 Å². The number of aromatic nitrogens is 1. The normalized spacial score (nSPS) is 13.9. The molecule has 5 aromatic rings. The van der Waals surface area contributed by atoms with Crippen LogP contribution in [-0.2, 0) is 5.60 Å². The summed E-state index contributed by atoms with van der Waals surface area (Å²) >= 11 is 0. The minimum atomic E-state index is -0.738. The topological polar surface area (TPSA) is 31.5 Å². The number of anilines is 2. The molecule has 4 nitrogen and oxygen atoms in total. The number of H-pyrrole nitrogens is 1. The fraction of sp³-hybridized carbons (Fsp3) is 0.257. The molecule has 4 heteroatoms. The van der Waals surface area contributed by atoms with Crippen LogP contribution < -0.4 is 14.5 Å². The van der Waals surface area contributed by atoms with Crippen LogP contribution in [0.3, 0.4) is 0 Å². The lowest BCUT2D eigenvalue weighted by atomic mass is 9.79. The third kappa shape index (κ3) is 3.37. The van der Waals surface area contributed by atoms with Crippen molar-refractivity contribution >= 4 is 22.3 Å². The monoisotopic (exact) mass is 513 g/mol. The molecule has 0 fully saturated rings. The highest BCUT2D eigenvalue weighted by Gasteiger charge is 2.52. The second-order valence-corrected chi connectivity index (χ2v) is 11.0. The van der Waals surface area contributed by atoms with Gasteiger partial charge in [-0.05, 0) is 66.4 Å². The number of benzene rings is 4. The van der Waals surface area contributed by atoms with Gasteiger partial charge in [0.05, 0.1) is 5.69 Å². The van der Waals surface area contributed by atoms with Gasteiger partial charge in [-0.1, -0.05) is 56.3 Å². The van der Waals surface area contributed by atoms with E-state index in [-0.39, 0.29) is 0 Å². The van der Waals surface area contributed by atoms with Gasteiger partial charge in [0.25, 0.3) is 0 Å². The van der Waals surface area contributed by atoms with E-state index in [1.165, 1.54) is 44.6 Å². The standard InChI is InChI=1S/C35H35N3O/c1-5-19-37(3)23-15-17-29-27(21-23)28-22-24(38(4)20-6-2)16-18-30(28)35(29)33-25-11-7-9-13-31(25)36-34(33)26-12-8-10-14-32(26)39-35/h7-18,21-22,36H,5-6,19-20H2,1-4H3. The second-order valence-electron chi connectivity index (χ2n) is 11.0. The smallest absolute Gasteiger partial charge is 0.188 e. The zero-order valence-corrected chi connectivity index (χ0v) is 23.2. The molecule has 0 saturated heterocycles. The van der Waals surface area contributed by atoms with Crippen LogP contribution in [0.15, 0.2) is 84.9 Å². The minimum Gasteiger partial charge on any atom is -0.472 e. The summed E-state index contributed by atoms with van der Waals surface area (Å²) in [6.45, 7) is 6.50. The van der Waals surface area contributed by atoms with Gasteiger partial charge in [-0.3, -0.25) is 0 Å². The maximum absolute atomic E-state index is 7.27. The molecule has 39 heavy (non-hydrogen) atoms. The SMILES string of the molecule is CCCN(C)c1ccc2c(c1)-c1cc(N(C)CCC)ccc1C21Oc2ccccc2-c2[nH]c3ccccc3c21. The third-order valence-corrected chi connectivity index (χ3v) is 8.53. The number of fused-ring (bicyclic) bond motifs is 11. The Bertz CT molecular complexity index is 1650. The predicted octanol–water partition coefficient (Wildman–Crippen LogP) is 8.19. The van der Waals surface area contributed by atoms with Crippen molar-refractivity contribution in [2.75, 3.05) is 37.0 Å². The lowest BCUT2D eigenvalue weighted by Crippen LogP contribution is -2.36. The molecule has 0 radical (unpaired) electrons. The van der Waals surface area contributed by atoms with Gasteiger partial charge in [-0.2, -0.15) is 0 Å². The van der Waals surface area contributed by atoms with Crippen molar-refractivity contribution in [3.05, 3.63) is 102 Å². The molecule has 0 saturated carbocycles. The van der Waals surface area contributed by atoms with Gasteiger partial charge in [-0.15, -0.1) is 0 Å². The van der Waals surface area contributed by atoms with Crippen LogP contribution in [0.4, 0.5) is 11.4 Å². The van der Waals surface area contributed by atoms with Crippen LogP contribution in [0.25, 0.3) is 33.3 Å². The molecular formula is C35H35N3O. The van der Waals surface area contributed by atoms with Crippen molar-refractivity contribution in [3.8, 4) is 28.1 Å². The molecule has 2 heterocycles. The first-order chi connectivity index (χ1) is 19.1. The summed E-state index contributed by atoms with van der Waals surface area (Å²) in [5, 5.41) is 1.21. The number of para-hydroxylation sites is 2. The zero-order valence-electron chi connectivity index (χ0n) is 23.2. The zero-order chi connectivity index (χ0) is 26.7. The summed E-state index contributed by atoms with van der Waals surface area (Å²) < 4.78 is 7.27. The summed E-state index contributed by atoms with van der Waals surface area (Å²) in [6.07, 6.45) is 2.22. The summed E-state index contributed by atoms with van der Waals surface area (Å²) in [4.78, 5) is 8.49. The molecular weight excluding hydrogens is 478 g/mol. The van der Waals surface area contributed by atoms with E-state index >= 15 is 0 Å². The molecule has 0 unspecified atom stereocenters. The number of rotatable bonds is 6. The first-order valence-corrected chi connectivity index (χ1v) is 14.2. The molecule has 7 rings (SSSR count). The van der Waals surface area contributed by atoms with E-state index in [2.05, 4.69) is 128 Å². The number of ether oxygens (including phenoxy) is 1. The van der Waals surface area contributed by atoms with E-state index in [4.69, 9.17) is 4.74 Å². The average Bonchev–Trinajstić information content (AvgIpc) is 3.48. The Morgan fingerprint density at radius 3 is 1.92 bits per heavy atom. The Kier molecular flexibility index (Phi) is 5.48. The second kappa shape index (κ2) is 8.94. The number of aromatic amines is 1. The maximum atomic E-state index is 7.27. The fourth-order valence-electron chi connectivity index (χ4n) is 6.74. The largest absolute Gasteiger partial charge is 0.472 e. The van der Waals surface area contributed by atoms with Crippen LogP contribution in [0.1, 0.15) is 43.4 Å². The van der Waals surface area contributed by atoms with Crippen LogP contribution >= 0.6 is 0 Å². The Balaban J connectivity index is 1.56. The Labute approximate surface area is 230 Å². The van der Waals surface area contributed by atoms with Crippen molar-refractivity contribution in [2.24, 2.45) is 0 Å². The quantitative estimate of drug-likeness (QED) is 0.248. The first-order valence-electron chi connectivity index (χ1n) is 14.2. The van der Waals surface area contributed by atoms with Crippen molar-refractivity contribution in [3.63, 3.8) is 0 Å². The van der Waals surface area contributed by atoms with E-state index < -0.39 is 5.60 Å². The van der Waals surface area contributed by atoms with Gasteiger partial charge in [0.1, 0.15) is 5.75 Å². The third-order valence-electron chi connectivity index (χ3n) is 8.53. The predicted molar refractivity (Wildman–Crippen MR) is 163 cm³/mol. The van der Waals surface area contributed by atoms with E-state index in [1.54, 1.807) is 0 Å². The van der Waals surface area contributed by atoms with Crippen LogP contribution in [0, 0.1) is 0 Å². The highest BCUT2D eigenvalue weighted by molar-refractivity contribution is 5.99. The number of hydrogen-bond acceptors (Lipinski definition) is 3. The van der Waals surface area contributed by atoms with E-state index in [0.29, 0.717) is 0 Å². The molecule has 0 bridgehead atoms. The van der Waals surface area contributed by atoms with Gasteiger partial charge in [0.2, 0.25) is 0 Å². The van der Waals surface area contributed by atoms with Crippen LogP contribution in [-0.4, -0.2) is 32.2 Å². The van der Waals surface area contributed by atoms with Crippen molar-refractivity contribution in [2.45, 2.75) is 32.3 Å². The molecule has 0 atom stereocenters. The molecule has 1 aliphatic heterocycles. The Morgan fingerprint density at radius 1 is 0.692 bits per heavy atom. The Morgan fingerprint density at radius 2 is 1.28 bits per heavy atom.